The summed E-state index contributed by atoms with van der Waals surface area (Å²) in [4.78, 5) is 15.7. The SMILES string of the molecule is CC(=O)N1CCN(C2CCCCC2N)CC1. The molecule has 0 aromatic heterocycles. The molecule has 4 heteroatoms. The number of piperazine rings is 1. The van der Waals surface area contributed by atoms with Crippen LogP contribution >= 0.6 is 0 Å². The minimum Gasteiger partial charge on any atom is -0.340 e. The van der Waals surface area contributed by atoms with Crippen molar-refractivity contribution in [2.75, 3.05) is 26.2 Å². The standard InChI is InChI=1S/C12H23N3O/c1-10(16)14-6-8-15(9-7-14)12-5-3-2-4-11(12)13/h11-12H,2-9,13H2,1H3. The number of nitrogens with zero attached hydrogens (tertiary/aromatic N) is 2. The van der Waals surface area contributed by atoms with Crippen LogP contribution < -0.4 is 5.73 Å². The minimum absolute atomic E-state index is 0.201. The van der Waals surface area contributed by atoms with E-state index in [1.807, 2.05) is 4.90 Å². The van der Waals surface area contributed by atoms with Gasteiger partial charge in [-0.1, -0.05) is 12.8 Å². The van der Waals surface area contributed by atoms with E-state index in [1.165, 1.54) is 19.3 Å². The molecule has 1 amide bonds. The molecule has 2 aliphatic rings. The van der Waals surface area contributed by atoms with Crippen LogP contribution in [0.15, 0.2) is 0 Å². The van der Waals surface area contributed by atoms with E-state index in [-0.39, 0.29) is 5.91 Å². The van der Waals surface area contributed by atoms with Crippen molar-refractivity contribution >= 4 is 5.91 Å². The van der Waals surface area contributed by atoms with E-state index >= 15 is 0 Å². The summed E-state index contributed by atoms with van der Waals surface area (Å²) in [5.41, 5.74) is 6.18. The van der Waals surface area contributed by atoms with Gasteiger partial charge in [-0.05, 0) is 12.8 Å². The van der Waals surface area contributed by atoms with Crippen molar-refractivity contribution in [1.82, 2.24) is 9.80 Å². The summed E-state index contributed by atoms with van der Waals surface area (Å²) in [6.07, 6.45) is 5.00. The molecule has 2 unspecified atom stereocenters. The van der Waals surface area contributed by atoms with E-state index in [0.29, 0.717) is 12.1 Å². The van der Waals surface area contributed by atoms with Crippen molar-refractivity contribution < 1.29 is 4.79 Å². The lowest BCUT2D eigenvalue weighted by Gasteiger charge is -2.43. The third kappa shape index (κ3) is 2.55. The Labute approximate surface area is 97.8 Å². The second-order valence-electron chi connectivity index (χ2n) is 5.06. The fourth-order valence-electron chi connectivity index (χ4n) is 2.96. The summed E-state index contributed by atoms with van der Waals surface area (Å²) in [5, 5.41) is 0. The summed E-state index contributed by atoms with van der Waals surface area (Å²) >= 11 is 0. The highest BCUT2D eigenvalue weighted by atomic mass is 16.2. The van der Waals surface area contributed by atoms with Gasteiger partial charge in [0.15, 0.2) is 0 Å². The molecule has 0 radical (unpaired) electrons. The fraction of sp³-hybridized carbons (Fsp3) is 0.917. The van der Waals surface area contributed by atoms with Crippen LogP contribution in [0.1, 0.15) is 32.6 Å². The van der Waals surface area contributed by atoms with Crippen LogP contribution in [0.5, 0.6) is 0 Å². The van der Waals surface area contributed by atoms with Gasteiger partial charge in [0.2, 0.25) is 5.91 Å². The highest BCUT2D eigenvalue weighted by Gasteiger charge is 2.30. The number of nitrogens with two attached hydrogens (primary N) is 1. The molecule has 92 valence electrons. The van der Waals surface area contributed by atoms with Gasteiger partial charge >= 0.3 is 0 Å². The lowest BCUT2D eigenvalue weighted by atomic mass is 9.89. The van der Waals surface area contributed by atoms with E-state index in [2.05, 4.69) is 4.90 Å². The Kier molecular flexibility index (Phi) is 3.82. The molecule has 1 saturated carbocycles. The number of carbonyl (C=O) groups excluding carboxylic acids is 1. The molecule has 2 rings (SSSR count). The Morgan fingerprint density at radius 1 is 1.12 bits per heavy atom. The molecule has 0 aromatic carbocycles. The van der Waals surface area contributed by atoms with Gasteiger partial charge in [-0.25, -0.2) is 0 Å². The predicted octanol–water partition coefficient (Wildman–Crippen LogP) is 0.420. The van der Waals surface area contributed by atoms with Gasteiger partial charge in [0.1, 0.15) is 0 Å². The molecule has 1 aliphatic heterocycles. The summed E-state index contributed by atoms with van der Waals surface area (Å²) in [5.74, 6) is 0.201. The Balaban J connectivity index is 1.85. The molecule has 2 atom stereocenters. The molecule has 1 aliphatic carbocycles. The van der Waals surface area contributed by atoms with Crippen molar-refractivity contribution in [2.45, 2.75) is 44.7 Å². The largest absolute Gasteiger partial charge is 0.340 e. The monoisotopic (exact) mass is 225 g/mol. The highest BCUT2D eigenvalue weighted by molar-refractivity contribution is 5.73. The maximum atomic E-state index is 11.2. The zero-order chi connectivity index (χ0) is 11.5. The quantitative estimate of drug-likeness (QED) is 0.703. The lowest BCUT2D eigenvalue weighted by Crippen LogP contribution is -2.57. The van der Waals surface area contributed by atoms with Gasteiger partial charge in [-0.2, -0.15) is 0 Å². The minimum atomic E-state index is 0.201. The van der Waals surface area contributed by atoms with E-state index in [0.717, 1.165) is 32.6 Å². The predicted molar refractivity (Wildman–Crippen MR) is 64.1 cm³/mol. The second-order valence-corrected chi connectivity index (χ2v) is 5.06. The zero-order valence-corrected chi connectivity index (χ0v) is 10.2. The summed E-state index contributed by atoms with van der Waals surface area (Å²) < 4.78 is 0. The van der Waals surface area contributed by atoms with Gasteiger partial charge < -0.3 is 10.6 Å². The Morgan fingerprint density at radius 2 is 1.75 bits per heavy atom. The third-order valence-electron chi connectivity index (χ3n) is 4.01. The van der Waals surface area contributed by atoms with Gasteiger partial charge in [0, 0.05) is 45.2 Å². The third-order valence-corrected chi connectivity index (χ3v) is 4.01. The lowest BCUT2D eigenvalue weighted by molar-refractivity contribution is -0.131. The van der Waals surface area contributed by atoms with Crippen LogP contribution in [0.4, 0.5) is 0 Å². The Morgan fingerprint density at radius 3 is 2.31 bits per heavy atom. The first-order valence-electron chi connectivity index (χ1n) is 6.43. The van der Waals surface area contributed by atoms with E-state index in [9.17, 15) is 4.79 Å². The normalized spacial score (nSPS) is 32.8. The number of carbonyl (C=O) groups is 1. The molecule has 1 saturated heterocycles. The summed E-state index contributed by atoms with van der Waals surface area (Å²) in [7, 11) is 0. The summed E-state index contributed by atoms with van der Waals surface area (Å²) in [6.45, 7) is 5.40. The fourth-order valence-corrected chi connectivity index (χ4v) is 2.96. The van der Waals surface area contributed by atoms with Crippen LogP contribution in [0.2, 0.25) is 0 Å². The molecule has 4 nitrogen and oxygen atoms in total. The van der Waals surface area contributed by atoms with Gasteiger partial charge in [-0.15, -0.1) is 0 Å². The van der Waals surface area contributed by atoms with Crippen LogP contribution in [0.3, 0.4) is 0 Å². The van der Waals surface area contributed by atoms with Crippen LogP contribution in [0.25, 0.3) is 0 Å². The molecule has 16 heavy (non-hydrogen) atoms. The Bertz CT molecular complexity index is 249. The molecule has 2 N–H and O–H groups in total. The van der Waals surface area contributed by atoms with E-state index in [1.54, 1.807) is 6.92 Å². The number of hydrogen-bond donors (Lipinski definition) is 1. The number of rotatable bonds is 1. The highest BCUT2D eigenvalue weighted by Crippen LogP contribution is 2.22. The maximum Gasteiger partial charge on any atom is 0.219 e. The number of hydrogen-bond acceptors (Lipinski definition) is 3. The average Bonchev–Trinajstić information content (AvgIpc) is 2.30. The van der Waals surface area contributed by atoms with Gasteiger partial charge in [0.05, 0.1) is 0 Å². The second kappa shape index (κ2) is 5.15. The zero-order valence-electron chi connectivity index (χ0n) is 10.2. The van der Waals surface area contributed by atoms with Crippen molar-refractivity contribution in [3.63, 3.8) is 0 Å². The molecule has 0 spiro atoms. The van der Waals surface area contributed by atoms with Crippen molar-refractivity contribution in [2.24, 2.45) is 5.73 Å². The molecular formula is C12H23N3O. The first-order valence-corrected chi connectivity index (χ1v) is 6.43. The van der Waals surface area contributed by atoms with Crippen LogP contribution in [-0.4, -0.2) is 54.0 Å². The van der Waals surface area contributed by atoms with E-state index < -0.39 is 0 Å². The van der Waals surface area contributed by atoms with Crippen molar-refractivity contribution in [3.05, 3.63) is 0 Å². The first kappa shape index (κ1) is 11.9. The Hall–Kier alpha value is -0.610. The molecule has 2 fully saturated rings. The summed E-state index contributed by atoms with van der Waals surface area (Å²) in [6, 6.07) is 0.903. The maximum absolute atomic E-state index is 11.2. The van der Waals surface area contributed by atoms with Gasteiger partial charge in [0.25, 0.3) is 0 Å². The molecule has 1 heterocycles. The van der Waals surface area contributed by atoms with Gasteiger partial charge in [-0.3, -0.25) is 9.69 Å². The van der Waals surface area contributed by atoms with Crippen LogP contribution in [0, 0.1) is 0 Å². The van der Waals surface area contributed by atoms with E-state index in [4.69, 9.17) is 5.73 Å². The van der Waals surface area contributed by atoms with Crippen LogP contribution in [-0.2, 0) is 4.79 Å². The van der Waals surface area contributed by atoms with Crippen molar-refractivity contribution in [3.8, 4) is 0 Å². The average molecular weight is 225 g/mol. The first-order chi connectivity index (χ1) is 7.68. The van der Waals surface area contributed by atoms with Crippen molar-refractivity contribution in [1.29, 1.82) is 0 Å². The topological polar surface area (TPSA) is 49.6 Å². The molecule has 0 bridgehead atoms. The smallest absolute Gasteiger partial charge is 0.219 e. The molecule has 0 aromatic rings. The number of amides is 1. The molecular weight excluding hydrogens is 202 g/mol.